The van der Waals surface area contributed by atoms with Gasteiger partial charge in [-0.15, -0.1) is 0 Å². The summed E-state index contributed by atoms with van der Waals surface area (Å²) in [5, 5.41) is 7.05. The van der Waals surface area contributed by atoms with Gasteiger partial charge in [0, 0.05) is 23.4 Å². The highest BCUT2D eigenvalue weighted by Crippen LogP contribution is 2.69. The molecule has 4 aromatic rings. The number of hydrogen-bond donors (Lipinski definition) is 1. The first-order valence-corrected chi connectivity index (χ1v) is 13.8. The molecular formula is C34H33N. The predicted octanol–water partition coefficient (Wildman–Crippen LogP) is 8.28. The van der Waals surface area contributed by atoms with Crippen LogP contribution in [0.2, 0.25) is 0 Å². The average Bonchev–Trinajstić information content (AvgIpc) is 3.54. The molecule has 174 valence electrons. The number of fused-ring (bicyclic) bond motifs is 10. The molecule has 4 aliphatic rings. The molecule has 35 heavy (non-hydrogen) atoms. The lowest BCUT2D eigenvalue weighted by molar-refractivity contribution is 0.281. The van der Waals surface area contributed by atoms with E-state index in [1.807, 2.05) is 0 Å². The molecule has 4 aliphatic carbocycles. The van der Waals surface area contributed by atoms with Crippen molar-refractivity contribution < 1.29 is 0 Å². The third-order valence-electron chi connectivity index (χ3n) is 10.0. The van der Waals surface area contributed by atoms with Gasteiger partial charge in [-0.05, 0) is 81.8 Å². The monoisotopic (exact) mass is 455 g/mol. The summed E-state index contributed by atoms with van der Waals surface area (Å²) in [6, 6.07) is 33.9. The maximum atomic E-state index is 4.26. The summed E-state index contributed by atoms with van der Waals surface area (Å²) in [6.07, 6.45) is 9.41. The molecule has 1 nitrogen and oxygen atoms in total. The first-order chi connectivity index (χ1) is 17.3. The van der Waals surface area contributed by atoms with Gasteiger partial charge in [0.1, 0.15) is 0 Å². The third kappa shape index (κ3) is 2.74. The fourth-order valence-electron chi connectivity index (χ4n) is 8.68. The van der Waals surface area contributed by atoms with Crippen LogP contribution in [0, 0.1) is 5.92 Å². The zero-order valence-electron chi connectivity index (χ0n) is 20.3. The molecule has 1 spiro atoms. The van der Waals surface area contributed by atoms with Crippen molar-refractivity contribution in [2.75, 3.05) is 0 Å². The van der Waals surface area contributed by atoms with Crippen molar-refractivity contribution in [3.63, 3.8) is 0 Å². The van der Waals surface area contributed by atoms with Crippen molar-refractivity contribution in [3.8, 4) is 11.1 Å². The molecule has 0 heterocycles. The molecule has 0 unspecified atom stereocenters. The molecule has 0 radical (unpaired) electrons. The van der Waals surface area contributed by atoms with Crippen LogP contribution in [0.3, 0.4) is 0 Å². The van der Waals surface area contributed by atoms with E-state index in [4.69, 9.17) is 0 Å². The van der Waals surface area contributed by atoms with E-state index in [0.717, 1.165) is 0 Å². The average molecular weight is 456 g/mol. The third-order valence-corrected chi connectivity index (χ3v) is 10.0. The van der Waals surface area contributed by atoms with Gasteiger partial charge in [-0.25, -0.2) is 0 Å². The number of nitrogens with one attached hydrogen (secondary N) is 1. The molecular weight excluding hydrogens is 422 g/mol. The summed E-state index contributed by atoms with van der Waals surface area (Å²) >= 11 is 0. The van der Waals surface area contributed by atoms with Crippen LogP contribution in [-0.4, -0.2) is 6.04 Å². The van der Waals surface area contributed by atoms with E-state index in [1.54, 1.807) is 22.3 Å². The van der Waals surface area contributed by atoms with Crippen molar-refractivity contribution in [1.82, 2.24) is 5.32 Å². The highest BCUT2D eigenvalue weighted by Gasteiger charge is 2.60. The smallest absolute Gasteiger partial charge is 0.0360 e. The van der Waals surface area contributed by atoms with E-state index in [1.165, 1.54) is 66.8 Å². The Balaban J connectivity index is 1.35. The fraction of sp³-hybridized carbons (Fsp3) is 0.353. The van der Waals surface area contributed by atoms with Crippen LogP contribution in [0.25, 0.3) is 21.9 Å². The predicted molar refractivity (Wildman–Crippen MR) is 145 cm³/mol. The van der Waals surface area contributed by atoms with Crippen molar-refractivity contribution >= 4 is 10.8 Å². The molecule has 0 amide bonds. The van der Waals surface area contributed by atoms with Crippen molar-refractivity contribution in [3.05, 3.63) is 107 Å². The topological polar surface area (TPSA) is 12.0 Å². The van der Waals surface area contributed by atoms with Gasteiger partial charge in [0.2, 0.25) is 0 Å². The Hall–Kier alpha value is -2.90. The maximum absolute atomic E-state index is 4.26. The van der Waals surface area contributed by atoms with Gasteiger partial charge in [-0.2, -0.15) is 0 Å². The number of rotatable bonds is 2. The highest BCUT2D eigenvalue weighted by molar-refractivity contribution is 5.87. The Morgan fingerprint density at radius 3 is 1.91 bits per heavy atom. The molecule has 0 aliphatic heterocycles. The van der Waals surface area contributed by atoms with Crippen LogP contribution in [-0.2, 0) is 5.41 Å². The normalized spacial score (nSPS) is 26.0. The molecule has 0 saturated heterocycles. The molecule has 1 N–H and O–H groups in total. The number of hydrogen-bond acceptors (Lipinski definition) is 1. The zero-order chi connectivity index (χ0) is 23.0. The fourth-order valence-corrected chi connectivity index (χ4v) is 8.68. The first-order valence-electron chi connectivity index (χ1n) is 13.8. The van der Waals surface area contributed by atoms with Crippen LogP contribution in [0.15, 0.2) is 84.9 Å². The Morgan fingerprint density at radius 1 is 0.629 bits per heavy atom. The summed E-state index contributed by atoms with van der Waals surface area (Å²) in [4.78, 5) is 0. The lowest BCUT2D eigenvalue weighted by Crippen LogP contribution is -2.37. The second-order valence-corrected chi connectivity index (χ2v) is 11.6. The molecule has 2 saturated carbocycles. The molecule has 1 heteroatoms. The maximum Gasteiger partial charge on any atom is 0.0360 e. The molecule has 3 atom stereocenters. The molecule has 2 fully saturated rings. The van der Waals surface area contributed by atoms with E-state index >= 15 is 0 Å². The summed E-state index contributed by atoms with van der Waals surface area (Å²) in [6.45, 7) is 0. The van der Waals surface area contributed by atoms with Gasteiger partial charge in [0.05, 0.1) is 0 Å². The number of benzene rings is 4. The van der Waals surface area contributed by atoms with Gasteiger partial charge in [0.15, 0.2) is 0 Å². The molecule has 0 bridgehead atoms. The summed E-state index contributed by atoms with van der Waals surface area (Å²) in [5.41, 5.74) is 9.39. The Kier molecular flexibility index (Phi) is 4.38. The quantitative estimate of drug-likeness (QED) is 0.321. The zero-order valence-corrected chi connectivity index (χ0v) is 20.3. The summed E-state index contributed by atoms with van der Waals surface area (Å²) in [5.74, 6) is 1.19. The Labute approximate surface area is 208 Å². The van der Waals surface area contributed by atoms with Crippen molar-refractivity contribution in [2.45, 2.75) is 68.4 Å². The van der Waals surface area contributed by atoms with E-state index in [-0.39, 0.29) is 5.41 Å². The SMILES string of the molecule is c1ccc2c(c1)-c1ccccc1C21CC[C@@H]2[C@H]1c1cc3ccccc3cc1[C@@H]2NC1CCCCC1. The molecule has 8 rings (SSSR count). The van der Waals surface area contributed by atoms with Gasteiger partial charge in [0.25, 0.3) is 0 Å². The van der Waals surface area contributed by atoms with Gasteiger partial charge in [-0.3, -0.25) is 0 Å². The Morgan fingerprint density at radius 2 is 1.23 bits per heavy atom. The lowest BCUT2D eigenvalue weighted by atomic mass is 9.67. The minimum atomic E-state index is 0.0953. The van der Waals surface area contributed by atoms with Gasteiger partial charge < -0.3 is 5.32 Å². The van der Waals surface area contributed by atoms with E-state index < -0.39 is 0 Å². The van der Waals surface area contributed by atoms with E-state index in [2.05, 4.69) is 90.2 Å². The van der Waals surface area contributed by atoms with Crippen LogP contribution < -0.4 is 5.32 Å². The Bertz CT molecular complexity index is 1400. The van der Waals surface area contributed by atoms with E-state index in [0.29, 0.717) is 23.9 Å². The van der Waals surface area contributed by atoms with Gasteiger partial charge >= 0.3 is 0 Å². The lowest BCUT2D eigenvalue weighted by Gasteiger charge is -2.35. The summed E-state index contributed by atoms with van der Waals surface area (Å²) < 4.78 is 0. The molecule has 4 aromatic carbocycles. The molecule has 0 aromatic heterocycles. The van der Waals surface area contributed by atoms with Crippen LogP contribution in [0.4, 0.5) is 0 Å². The standard InChI is InChI=1S/C34H33N/c1-2-12-24(13-3-1)35-33-27-18-19-34(30-16-8-6-14-25(30)26-15-7-9-17-31(26)34)32(27)28-20-22-10-4-5-11-23(22)21-29(28)33/h4-11,14-17,20-21,24,27,32-33,35H,1-3,12-13,18-19H2/t27-,32+,33-/m1/s1. The largest absolute Gasteiger partial charge is 0.307 e. The summed E-state index contributed by atoms with van der Waals surface area (Å²) in [7, 11) is 0. The second kappa shape index (κ2) is 7.55. The van der Waals surface area contributed by atoms with Crippen LogP contribution >= 0.6 is 0 Å². The van der Waals surface area contributed by atoms with Crippen LogP contribution in [0.1, 0.15) is 79.2 Å². The highest BCUT2D eigenvalue weighted by atomic mass is 15.0. The minimum absolute atomic E-state index is 0.0953. The van der Waals surface area contributed by atoms with Crippen LogP contribution in [0.5, 0.6) is 0 Å². The van der Waals surface area contributed by atoms with Crippen molar-refractivity contribution in [1.29, 1.82) is 0 Å². The van der Waals surface area contributed by atoms with E-state index in [9.17, 15) is 0 Å². The van der Waals surface area contributed by atoms with Crippen molar-refractivity contribution in [2.24, 2.45) is 5.92 Å². The minimum Gasteiger partial charge on any atom is -0.307 e. The first kappa shape index (κ1) is 20.3. The van der Waals surface area contributed by atoms with Gasteiger partial charge in [-0.1, -0.05) is 98.1 Å². The second-order valence-electron chi connectivity index (χ2n) is 11.6.